The number of carboxylic acid groups (broad SMARTS) is 1. The fourth-order valence-corrected chi connectivity index (χ4v) is 1.11. The number of allylic oxidation sites excluding steroid dienone is 2. The summed E-state index contributed by atoms with van der Waals surface area (Å²) in [4.78, 5) is 9.00. The first kappa shape index (κ1) is 15.7. The molecular formula is C12H24O2. The lowest BCUT2D eigenvalue weighted by molar-refractivity contribution is -0.134. The van der Waals surface area contributed by atoms with Crippen LogP contribution in [0.25, 0.3) is 0 Å². The van der Waals surface area contributed by atoms with E-state index < -0.39 is 5.97 Å². The minimum atomic E-state index is -0.833. The Morgan fingerprint density at radius 3 is 1.57 bits per heavy atom. The molecule has 0 aliphatic heterocycles. The van der Waals surface area contributed by atoms with Gasteiger partial charge in [0, 0.05) is 6.92 Å². The smallest absolute Gasteiger partial charge is 0.300 e. The van der Waals surface area contributed by atoms with E-state index in [1.54, 1.807) is 0 Å². The van der Waals surface area contributed by atoms with Crippen molar-refractivity contribution in [3.8, 4) is 0 Å². The fraction of sp³-hybridized carbons (Fsp3) is 0.750. The van der Waals surface area contributed by atoms with Gasteiger partial charge in [-0.3, -0.25) is 4.79 Å². The summed E-state index contributed by atoms with van der Waals surface area (Å²) >= 11 is 0. The molecule has 84 valence electrons. The molecule has 0 fully saturated rings. The van der Waals surface area contributed by atoms with Crippen molar-refractivity contribution >= 4 is 5.97 Å². The largest absolute Gasteiger partial charge is 0.481 e. The summed E-state index contributed by atoms with van der Waals surface area (Å²) in [7, 11) is 0. The van der Waals surface area contributed by atoms with E-state index in [1.165, 1.54) is 38.5 Å². The zero-order chi connectivity index (χ0) is 11.2. The van der Waals surface area contributed by atoms with Gasteiger partial charge in [-0.2, -0.15) is 0 Å². The Morgan fingerprint density at radius 2 is 1.29 bits per heavy atom. The van der Waals surface area contributed by atoms with Gasteiger partial charge in [-0.25, -0.2) is 0 Å². The van der Waals surface area contributed by atoms with E-state index in [0.717, 1.165) is 6.92 Å². The van der Waals surface area contributed by atoms with Crippen LogP contribution in [0, 0.1) is 0 Å². The topological polar surface area (TPSA) is 37.3 Å². The van der Waals surface area contributed by atoms with Crippen LogP contribution in [-0.2, 0) is 4.79 Å². The molecule has 0 saturated heterocycles. The maximum atomic E-state index is 9.00. The van der Waals surface area contributed by atoms with Gasteiger partial charge in [-0.15, -0.1) is 0 Å². The Bertz CT molecular complexity index is 125. The van der Waals surface area contributed by atoms with Crippen molar-refractivity contribution in [1.82, 2.24) is 0 Å². The summed E-state index contributed by atoms with van der Waals surface area (Å²) in [6.07, 6.45) is 13.0. The molecule has 0 aromatic rings. The van der Waals surface area contributed by atoms with Crippen molar-refractivity contribution in [1.29, 1.82) is 0 Å². The lowest BCUT2D eigenvalue weighted by atomic mass is 10.1. The molecule has 0 spiro atoms. The summed E-state index contributed by atoms with van der Waals surface area (Å²) in [5, 5.41) is 7.42. The van der Waals surface area contributed by atoms with Crippen molar-refractivity contribution in [3.63, 3.8) is 0 Å². The van der Waals surface area contributed by atoms with Gasteiger partial charge < -0.3 is 5.11 Å². The van der Waals surface area contributed by atoms with Crippen LogP contribution in [0.3, 0.4) is 0 Å². The molecule has 14 heavy (non-hydrogen) atoms. The van der Waals surface area contributed by atoms with E-state index in [-0.39, 0.29) is 0 Å². The lowest BCUT2D eigenvalue weighted by Gasteiger charge is -2.00. The molecule has 2 nitrogen and oxygen atoms in total. The summed E-state index contributed by atoms with van der Waals surface area (Å²) in [5.41, 5.74) is 0. The molecule has 0 heterocycles. The second-order valence-electron chi connectivity index (χ2n) is 2.98. The van der Waals surface area contributed by atoms with Crippen LogP contribution in [0.1, 0.15) is 59.3 Å². The summed E-state index contributed by atoms with van der Waals surface area (Å²) in [6, 6.07) is 0. The third-order valence-corrected chi connectivity index (χ3v) is 1.66. The van der Waals surface area contributed by atoms with Crippen molar-refractivity contribution in [3.05, 3.63) is 12.2 Å². The third-order valence-electron chi connectivity index (χ3n) is 1.66. The van der Waals surface area contributed by atoms with Gasteiger partial charge in [0.05, 0.1) is 0 Å². The van der Waals surface area contributed by atoms with Gasteiger partial charge in [0.2, 0.25) is 0 Å². The summed E-state index contributed by atoms with van der Waals surface area (Å²) in [5.74, 6) is -0.833. The standard InChI is InChI=1S/C8H14.C2H4O2.C2H6/c1-2-4-6-8-7-5-3-1;1-2(3)4;1-2/h1-2H,3-8H2;1H3,(H,3,4);1-2H3. The van der Waals surface area contributed by atoms with E-state index in [1.807, 2.05) is 13.8 Å². The first-order valence-corrected chi connectivity index (χ1v) is 5.58. The van der Waals surface area contributed by atoms with Crippen molar-refractivity contribution < 1.29 is 9.90 Å². The van der Waals surface area contributed by atoms with E-state index in [9.17, 15) is 0 Å². The molecular weight excluding hydrogens is 176 g/mol. The maximum absolute atomic E-state index is 9.00. The Labute approximate surface area is 88.0 Å². The van der Waals surface area contributed by atoms with Crippen LogP contribution in [0.5, 0.6) is 0 Å². The molecule has 0 aromatic heterocycles. The van der Waals surface area contributed by atoms with Crippen molar-refractivity contribution in [2.75, 3.05) is 0 Å². The Hall–Kier alpha value is -0.790. The van der Waals surface area contributed by atoms with Gasteiger partial charge in [-0.1, -0.05) is 38.8 Å². The second kappa shape index (κ2) is 14.7. The highest BCUT2D eigenvalue weighted by atomic mass is 16.4. The van der Waals surface area contributed by atoms with Gasteiger partial charge in [0.25, 0.3) is 5.97 Å². The Balaban J connectivity index is 0. The second-order valence-corrected chi connectivity index (χ2v) is 2.98. The predicted octanol–water partition coefficient (Wildman–Crippen LogP) is 4.01. The molecule has 0 radical (unpaired) electrons. The number of carboxylic acids is 1. The van der Waals surface area contributed by atoms with Gasteiger partial charge in [0.1, 0.15) is 0 Å². The highest BCUT2D eigenvalue weighted by Crippen LogP contribution is 2.09. The molecule has 1 aliphatic carbocycles. The highest BCUT2D eigenvalue weighted by Gasteiger charge is 1.89. The van der Waals surface area contributed by atoms with Crippen LogP contribution in [0.2, 0.25) is 0 Å². The quantitative estimate of drug-likeness (QED) is 0.600. The summed E-state index contributed by atoms with van der Waals surface area (Å²) < 4.78 is 0. The Morgan fingerprint density at radius 1 is 1.00 bits per heavy atom. The minimum Gasteiger partial charge on any atom is -0.481 e. The van der Waals surface area contributed by atoms with Crippen LogP contribution in [0.15, 0.2) is 12.2 Å². The van der Waals surface area contributed by atoms with E-state index in [2.05, 4.69) is 12.2 Å². The molecule has 1 rings (SSSR count). The van der Waals surface area contributed by atoms with E-state index in [0.29, 0.717) is 0 Å². The van der Waals surface area contributed by atoms with Crippen molar-refractivity contribution in [2.24, 2.45) is 0 Å². The van der Waals surface area contributed by atoms with Gasteiger partial charge >= 0.3 is 0 Å². The third kappa shape index (κ3) is 22.5. The molecule has 2 heteroatoms. The molecule has 0 bridgehead atoms. The normalized spacial score (nSPS) is 14.8. The van der Waals surface area contributed by atoms with Crippen LogP contribution in [-0.4, -0.2) is 11.1 Å². The molecule has 0 unspecified atom stereocenters. The first-order valence-electron chi connectivity index (χ1n) is 5.58. The van der Waals surface area contributed by atoms with Gasteiger partial charge in [0.15, 0.2) is 0 Å². The van der Waals surface area contributed by atoms with Crippen LogP contribution < -0.4 is 0 Å². The van der Waals surface area contributed by atoms with E-state index >= 15 is 0 Å². The molecule has 0 saturated carbocycles. The SMILES string of the molecule is C1=CCCCCCC1.CC.CC(=O)O. The summed E-state index contributed by atoms with van der Waals surface area (Å²) in [6.45, 7) is 5.08. The Kier molecular flexibility index (Phi) is 16.5. The number of carbonyl (C=O) groups is 1. The molecule has 1 N–H and O–H groups in total. The molecule has 0 amide bonds. The number of hydrogen-bond acceptors (Lipinski definition) is 1. The van der Waals surface area contributed by atoms with Gasteiger partial charge in [-0.05, 0) is 25.7 Å². The highest BCUT2D eigenvalue weighted by molar-refractivity contribution is 5.62. The lowest BCUT2D eigenvalue weighted by Crippen LogP contribution is -1.80. The van der Waals surface area contributed by atoms with Crippen molar-refractivity contribution in [2.45, 2.75) is 59.3 Å². The zero-order valence-electron chi connectivity index (χ0n) is 9.75. The van der Waals surface area contributed by atoms with Crippen LogP contribution in [0.4, 0.5) is 0 Å². The first-order chi connectivity index (χ1) is 6.73. The number of rotatable bonds is 0. The predicted molar refractivity (Wildman–Crippen MR) is 61.5 cm³/mol. The average Bonchev–Trinajstić information content (AvgIpc) is 2.05. The maximum Gasteiger partial charge on any atom is 0.300 e. The molecule has 0 atom stereocenters. The van der Waals surface area contributed by atoms with E-state index in [4.69, 9.17) is 9.90 Å². The van der Waals surface area contributed by atoms with Crippen LogP contribution >= 0.6 is 0 Å². The minimum absolute atomic E-state index is 0.833. The zero-order valence-corrected chi connectivity index (χ0v) is 9.75. The monoisotopic (exact) mass is 200 g/mol. The molecule has 0 aromatic carbocycles. The fourth-order valence-electron chi connectivity index (χ4n) is 1.11. The molecule has 1 aliphatic rings. The number of hydrogen-bond donors (Lipinski definition) is 1. The number of aliphatic carboxylic acids is 1. The average molecular weight is 200 g/mol.